The summed E-state index contributed by atoms with van der Waals surface area (Å²) in [6, 6.07) is 3.63. The molecular formula is C18H32N2O5. The fraction of sp³-hybridized carbons (Fsp3) is 0.667. The van der Waals surface area contributed by atoms with E-state index in [2.05, 4.69) is 17.6 Å². The first-order valence-corrected chi connectivity index (χ1v) is 8.91. The Morgan fingerprint density at radius 2 is 1.40 bits per heavy atom. The molecular weight excluding hydrogens is 324 g/mol. The molecule has 7 N–H and O–H groups in total. The Balaban J connectivity index is 2.79. The van der Waals surface area contributed by atoms with Crippen LogP contribution in [-0.2, 0) is 19.5 Å². The van der Waals surface area contributed by atoms with Gasteiger partial charge < -0.3 is 36.2 Å². The number of rotatable bonds is 13. The van der Waals surface area contributed by atoms with Gasteiger partial charge in [-0.05, 0) is 30.0 Å². The van der Waals surface area contributed by atoms with E-state index < -0.39 is 12.6 Å². The van der Waals surface area contributed by atoms with Crippen molar-refractivity contribution in [3.05, 3.63) is 28.8 Å². The Morgan fingerprint density at radius 3 is 1.96 bits per heavy atom. The molecule has 0 radical (unpaired) electrons. The molecule has 0 fully saturated rings. The molecule has 0 unspecified atom stereocenters. The zero-order chi connectivity index (χ0) is 18.7. The first-order valence-electron chi connectivity index (χ1n) is 8.91. The number of aliphatic hydroxyl groups is 4. The van der Waals surface area contributed by atoms with Crippen LogP contribution in [0.1, 0.15) is 49.3 Å². The summed E-state index contributed by atoms with van der Waals surface area (Å²) in [5, 5.41) is 51.7. The lowest BCUT2D eigenvalue weighted by atomic mass is 9.97. The summed E-state index contributed by atoms with van der Waals surface area (Å²) in [4.78, 5) is 0. The Hall–Kier alpha value is -1.22. The number of benzene rings is 1. The van der Waals surface area contributed by atoms with Gasteiger partial charge in [0, 0.05) is 31.7 Å². The molecule has 0 saturated carbocycles. The second-order valence-electron chi connectivity index (χ2n) is 6.28. The van der Waals surface area contributed by atoms with Gasteiger partial charge in [0.25, 0.3) is 0 Å². The summed E-state index contributed by atoms with van der Waals surface area (Å²) in [6.07, 6.45) is 2.59. The molecule has 0 heterocycles. The average molecular weight is 356 g/mol. The summed E-state index contributed by atoms with van der Waals surface area (Å²) in [7, 11) is 0. The fourth-order valence-corrected chi connectivity index (χ4v) is 2.68. The first kappa shape index (κ1) is 21.8. The Bertz CT molecular complexity index is 495. The van der Waals surface area contributed by atoms with Crippen molar-refractivity contribution in [3.63, 3.8) is 0 Å². The van der Waals surface area contributed by atoms with Gasteiger partial charge in [-0.25, -0.2) is 0 Å². The van der Waals surface area contributed by atoms with E-state index in [1.807, 2.05) is 6.07 Å². The van der Waals surface area contributed by atoms with Crippen LogP contribution in [-0.4, -0.2) is 51.2 Å². The molecule has 1 aromatic carbocycles. The second-order valence-corrected chi connectivity index (χ2v) is 6.28. The molecule has 25 heavy (non-hydrogen) atoms. The van der Waals surface area contributed by atoms with Gasteiger partial charge in [-0.3, -0.25) is 0 Å². The quantitative estimate of drug-likeness (QED) is 0.200. The third kappa shape index (κ3) is 9.15. The van der Waals surface area contributed by atoms with E-state index in [-0.39, 0.29) is 18.8 Å². The molecule has 7 nitrogen and oxygen atoms in total. The predicted octanol–water partition coefficient (Wildman–Crippen LogP) is 0.316. The van der Waals surface area contributed by atoms with E-state index in [9.17, 15) is 5.11 Å². The average Bonchev–Trinajstić information content (AvgIpc) is 2.54. The Morgan fingerprint density at radius 1 is 0.800 bits per heavy atom. The first-order chi connectivity index (χ1) is 11.9. The van der Waals surface area contributed by atoms with Crippen molar-refractivity contribution in [3.8, 4) is 5.75 Å². The monoisotopic (exact) mass is 356 g/mol. The Labute approximate surface area is 149 Å². The topological polar surface area (TPSA) is 125 Å². The summed E-state index contributed by atoms with van der Waals surface area (Å²) in [6.45, 7) is 3.04. The number of nitrogens with one attached hydrogen (secondary N) is 2. The van der Waals surface area contributed by atoms with Crippen molar-refractivity contribution in [2.24, 2.45) is 0 Å². The normalized spacial score (nSPS) is 11.6. The largest absolute Gasteiger partial charge is 0.508 e. The lowest BCUT2D eigenvalue weighted by Gasteiger charge is -2.16. The minimum Gasteiger partial charge on any atom is -0.508 e. The standard InChI is InChI=1S/C18H32N2O5/c1-2-3-4-5-6-13-7-15(10-20-12-18(24)25)16(21)8-14(13)9-19-11-17(22)23/h7-8,17-25H,2-6,9-12H2,1H3. The van der Waals surface area contributed by atoms with Crippen LogP contribution >= 0.6 is 0 Å². The predicted molar refractivity (Wildman–Crippen MR) is 95.8 cm³/mol. The Kier molecular flexibility index (Phi) is 10.6. The van der Waals surface area contributed by atoms with Crippen molar-refractivity contribution in [1.82, 2.24) is 10.6 Å². The van der Waals surface area contributed by atoms with Gasteiger partial charge in [0.2, 0.25) is 0 Å². The molecule has 0 spiro atoms. The summed E-state index contributed by atoms with van der Waals surface area (Å²) in [5.41, 5.74) is 2.74. The number of unbranched alkanes of at least 4 members (excludes halogenated alkanes) is 3. The number of aliphatic hydroxyl groups excluding tert-OH is 2. The van der Waals surface area contributed by atoms with Crippen LogP contribution < -0.4 is 10.6 Å². The van der Waals surface area contributed by atoms with Crippen molar-refractivity contribution in [2.45, 2.75) is 64.7 Å². The van der Waals surface area contributed by atoms with Crippen LogP contribution in [0.3, 0.4) is 0 Å². The smallest absolute Gasteiger partial charge is 0.164 e. The van der Waals surface area contributed by atoms with E-state index in [0.29, 0.717) is 18.7 Å². The molecule has 0 aliphatic rings. The molecule has 144 valence electrons. The maximum atomic E-state index is 10.2. The maximum absolute atomic E-state index is 10.2. The molecule has 0 aliphatic carbocycles. The molecule has 0 atom stereocenters. The number of aromatic hydroxyl groups is 1. The van der Waals surface area contributed by atoms with E-state index in [0.717, 1.165) is 36.8 Å². The third-order valence-electron chi connectivity index (χ3n) is 3.99. The number of phenolic OH excluding ortho intramolecular Hbond substituents is 1. The second kappa shape index (κ2) is 12.2. The van der Waals surface area contributed by atoms with Crippen molar-refractivity contribution < 1.29 is 25.5 Å². The van der Waals surface area contributed by atoms with E-state index in [1.165, 1.54) is 6.42 Å². The zero-order valence-corrected chi connectivity index (χ0v) is 14.9. The van der Waals surface area contributed by atoms with E-state index >= 15 is 0 Å². The van der Waals surface area contributed by atoms with Crippen LogP contribution in [0.25, 0.3) is 0 Å². The SMILES string of the molecule is CCCCCCc1cc(CNCC(O)O)c(O)cc1CNCC(O)O. The zero-order valence-electron chi connectivity index (χ0n) is 14.9. The van der Waals surface area contributed by atoms with Crippen LogP contribution in [0.15, 0.2) is 12.1 Å². The van der Waals surface area contributed by atoms with Crippen LogP contribution in [0, 0.1) is 0 Å². The van der Waals surface area contributed by atoms with Crippen molar-refractivity contribution in [2.75, 3.05) is 13.1 Å². The van der Waals surface area contributed by atoms with Gasteiger partial charge in [-0.15, -0.1) is 0 Å². The van der Waals surface area contributed by atoms with Crippen LogP contribution in [0.4, 0.5) is 0 Å². The highest BCUT2D eigenvalue weighted by molar-refractivity contribution is 5.42. The number of phenols is 1. The number of hydrogen-bond acceptors (Lipinski definition) is 7. The van der Waals surface area contributed by atoms with Gasteiger partial charge in [0.15, 0.2) is 12.6 Å². The summed E-state index contributed by atoms with van der Waals surface area (Å²) in [5.74, 6) is 0.138. The molecule has 7 heteroatoms. The fourth-order valence-electron chi connectivity index (χ4n) is 2.68. The highest BCUT2D eigenvalue weighted by Crippen LogP contribution is 2.24. The number of aryl methyl sites for hydroxylation is 1. The molecule has 1 rings (SSSR count). The lowest BCUT2D eigenvalue weighted by molar-refractivity contribution is -0.0380. The molecule has 0 amide bonds. The van der Waals surface area contributed by atoms with Gasteiger partial charge >= 0.3 is 0 Å². The highest BCUT2D eigenvalue weighted by atomic mass is 16.5. The van der Waals surface area contributed by atoms with Gasteiger partial charge in [-0.2, -0.15) is 0 Å². The number of hydrogen-bond donors (Lipinski definition) is 7. The maximum Gasteiger partial charge on any atom is 0.164 e. The third-order valence-corrected chi connectivity index (χ3v) is 3.99. The molecule has 1 aromatic rings. The van der Waals surface area contributed by atoms with Crippen molar-refractivity contribution >= 4 is 0 Å². The molecule has 0 aromatic heterocycles. The lowest BCUT2D eigenvalue weighted by Crippen LogP contribution is -2.27. The highest BCUT2D eigenvalue weighted by Gasteiger charge is 2.10. The van der Waals surface area contributed by atoms with Gasteiger partial charge in [-0.1, -0.05) is 32.3 Å². The van der Waals surface area contributed by atoms with Gasteiger partial charge in [0.1, 0.15) is 5.75 Å². The van der Waals surface area contributed by atoms with E-state index in [1.54, 1.807) is 6.07 Å². The van der Waals surface area contributed by atoms with Gasteiger partial charge in [0.05, 0.1) is 0 Å². The molecule has 0 saturated heterocycles. The van der Waals surface area contributed by atoms with Crippen molar-refractivity contribution in [1.29, 1.82) is 0 Å². The molecule has 0 aliphatic heterocycles. The molecule has 0 bridgehead atoms. The van der Waals surface area contributed by atoms with E-state index in [4.69, 9.17) is 20.4 Å². The minimum atomic E-state index is -1.43. The van der Waals surface area contributed by atoms with Crippen LogP contribution in [0.2, 0.25) is 0 Å². The summed E-state index contributed by atoms with van der Waals surface area (Å²) >= 11 is 0. The summed E-state index contributed by atoms with van der Waals surface area (Å²) < 4.78 is 0. The minimum absolute atomic E-state index is 0.0307. The van der Waals surface area contributed by atoms with Crippen LogP contribution in [0.5, 0.6) is 5.75 Å².